The number of alkyl halides is 3. The van der Waals surface area contributed by atoms with Crippen LogP contribution in [0, 0.1) is 0 Å². The van der Waals surface area contributed by atoms with Crippen LogP contribution in [0.15, 0.2) is 60.8 Å². The molecule has 0 aliphatic carbocycles. The minimum Gasteiger partial charge on any atom is -0.475 e. The van der Waals surface area contributed by atoms with Crippen LogP contribution in [-0.2, 0) is 9.59 Å². The molecular weight excluding hydrogens is 429 g/mol. The Bertz CT molecular complexity index is 1190. The van der Waals surface area contributed by atoms with E-state index in [9.17, 15) is 22.8 Å². The Hall–Kier alpha value is -4.12. The van der Waals surface area contributed by atoms with Crippen molar-refractivity contribution in [3.8, 4) is 11.1 Å². The SMILES string of the molecule is C=C(CN)C(=O)Nc1cccc(-c2ccc(C(N)=O)c3[nH]ccc23)c1.O=C(O)C(F)(F)F. The number of carboxylic acid groups (broad SMARTS) is 1. The number of aromatic amines is 1. The number of carbonyl (C=O) groups excluding carboxylic acids is 2. The molecule has 11 heteroatoms. The first kappa shape index (κ1) is 24.2. The lowest BCUT2D eigenvalue weighted by Gasteiger charge is -2.10. The first-order valence-electron chi connectivity index (χ1n) is 8.95. The maximum atomic E-state index is 11.9. The zero-order valence-electron chi connectivity index (χ0n) is 16.5. The van der Waals surface area contributed by atoms with Crippen LogP contribution in [0.2, 0.25) is 0 Å². The summed E-state index contributed by atoms with van der Waals surface area (Å²) in [5.74, 6) is -3.55. The fourth-order valence-corrected chi connectivity index (χ4v) is 2.69. The maximum absolute atomic E-state index is 11.9. The predicted molar refractivity (Wildman–Crippen MR) is 113 cm³/mol. The van der Waals surface area contributed by atoms with Crippen molar-refractivity contribution < 1.29 is 32.7 Å². The van der Waals surface area contributed by atoms with Gasteiger partial charge < -0.3 is 26.9 Å². The van der Waals surface area contributed by atoms with Crippen molar-refractivity contribution in [1.82, 2.24) is 4.98 Å². The van der Waals surface area contributed by atoms with E-state index in [-0.39, 0.29) is 12.5 Å². The summed E-state index contributed by atoms with van der Waals surface area (Å²) >= 11 is 0. The third-order valence-corrected chi connectivity index (χ3v) is 4.23. The number of carbonyl (C=O) groups is 3. The summed E-state index contributed by atoms with van der Waals surface area (Å²) < 4.78 is 31.7. The van der Waals surface area contributed by atoms with Gasteiger partial charge in [0.15, 0.2) is 0 Å². The Morgan fingerprint density at radius 3 is 2.34 bits per heavy atom. The Balaban J connectivity index is 0.000000451. The van der Waals surface area contributed by atoms with Gasteiger partial charge in [-0.1, -0.05) is 24.8 Å². The minimum absolute atomic E-state index is 0.101. The molecule has 2 amide bonds. The van der Waals surface area contributed by atoms with Gasteiger partial charge in [-0.15, -0.1) is 0 Å². The highest BCUT2D eigenvalue weighted by atomic mass is 19.4. The molecule has 1 aromatic heterocycles. The van der Waals surface area contributed by atoms with Gasteiger partial charge in [0.2, 0.25) is 0 Å². The third kappa shape index (κ3) is 5.73. The van der Waals surface area contributed by atoms with E-state index < -0.39 is 18.1 Å². The fourth-order valence-electron chi connectivity index (χ4n) is 2.69. The standard InChI is InChI=1S/C19H18N4O2.C2HF3O2/c1-11(10-20)19(25)23-13-4-2-3-12(9-13)14-5-6-16(18(21)24)17-15(14)7-8-22-17;3-2(4,5)1(6)7/h2-9,22H,1,10,20H2,(H2,21,24)(H,23,25);(H,6,7). The molecule has 3 aromatic rings. The molecule has 3 rings (SSSR count). The van der Waals surface area contributed by atoms with E-state index in [0.29, 0.717) is 22.3 Å². The molecule has 7 N–H and O–H groups in total. The van der Waals surface area contributed by atoms with Gasteiger partial charge in [-0.3, -0.25) is 9.59 Å². The van der Waals surface area contributed by atoms with Gasteiger partial charge in [-0.05, 0) is 35.4 Å². The number of halogens is 3. The highest BCUT2D eigenvalue weighted by molar-refractivity contribution is 6.09. The number of hydrogen-bond donors (Lipinski definition) is 5. The number of fused-ring (bicyclic) bond motifs is 1. The molecule has 0 atom stereocenters. The number of aromatic nitrogens is 1. The number of benzene rings is 2. The summed E-state index contributed by atoms with van der Waals surface area (Å²) in [7, 11) is 0. The van der Waals surface area contributed by atoms with Crippen LogP contribution in [0.1, 0.15) is 10.4 Å². The zero-order chi connectivity index (χ0) is 24.1. The Morgan fingerprint density at radius 2 is 1.78 bits per heavy atom. The second kappa shape index (κ2) is 9.79. The predicted octanol–water partition coefficient (Wildman–Crippen LogP) is 3.02. The first-order chi connectivity index (χ1) is 15.0. The van der Waals surface area contributed by atoms with Crippen LogP contribution < -0.4 is 16.8 Å². The molecule has 0 aliphatic heterocycles. The number of rotatable bonds is 5. The topological polar surface area (TPSA) is 151 Å². The van der Waals surface area contributed by atoms with Crippen molar-refractivity contribution in [2.24, 2.45) is 11.5 Å². The van der Waals surface area contributed by atoms with Gasteiger partial charge in [0, 0.05) is 29.4 Å². The van der Waals surface area contributed by atoms with Crippen molar-refractivity contribution in [1.29, 1.82) is 0 Å². The summed E-state index contributed by atoms with van der Waals surface area (Å²) in [6.45, 7) is 3.73. The second-order valence-electron chi connectivity index (χ2n) is 6.44. The molecule has 1 heterocycles. The lowest BCUT2D eigenvalue weighted by molar-refractivity contribution is -0.192. The van der Waals surface area contributed by atoms with Crippen molar-refractivity contribution >= 4 is 34.4 Å². The van der Waals surface area contributed by atoms with E-state index in [1.165, 1.54) is 0 Å². The largest absolute Gasteiger partial charge is 0.490 e. The average Bonchev–Trinajstić information content (AvgIpc) is 3.22. The lowest BCUT2D eigenvalue weighted by atomic mass is 9.98. The summed E-state index contributed by atoms with van der Waals surface area (Å²) in [5.41, 5.74) is 14.8. The van der Waals surface area contributed by atoms with Crippen LogP contribution in [0.25, 0.3) is 22.0 Å². The highest BCUT2D eigenvalue weighted by Gasteiger charge is 2.38. The quantitative estimate of drug-likeness (QED) is 0.380. The number of anilines is 1. The first-order valence-corrected chi connectivity index (χ1v) is 8.95. The van der Waals surface area contributed by atoms with Crippen molar-refractivity contribution in [3.05, 3.63) is 66.4 Å². The molecule has 0 unspecified atom stereocenters. The third-order valence-electron chi connectivity index (χ3n) is 4.23. The van der Waals surface area contributed by atoms with E-state index >= 15 is 0 Å². The number of H-pyrrole nitrogens is 1. The van der Waals surface area contributed by atoms with Gasteiger partial charge in [0.1, 0.15) is 0 Å². The molecule has 0 saturated carbocycles. The number of nitrogens with one attached hydrogen (secondary N) is 2. The molecule has 0 radical (unpaired) electrons. The fraction of sp³-hybridized carbons (Fsp3) is 0.0952. The Labute approximate surface area is 179 Å². The number of hydrogen-bond acceptors (Lipinski definition) is 4. The molecule has 168 valence electrons. The minimum atomic E-state index is -5.08. The van der Waals surface area contributed by atoms with Crippen LogP contribution in [0.4, 0.5) is 18.9 Å². The van der Waals surface area contributed by atoms with Crippen LogP contribution in [0.5, 0.6) is 0 Å². The normalized spacial score (nSPS) is 10.8. The number of amides is 2. The van der Waals surface area contributed by atoms with Crippen molar-refractivity contribution in [2.45, 2.75) is 6.18 Å². The molecule has 2 aromatic carbocycles. The molecule has 0 fully saturated rings. The smallest absolute Gasteiger partial charge is 0.475 e. The second-order valence-corrected chi connectivity index (χ2v) is 6.44. The monoisotopic (exact) mass is 448 g/mol. The van der Waals surface area contributed by atoms with Crippen LogP contribution in [-0.4, -0.2) is 40.6 Å². The molecule has 8 nitrogen and oxygen atoms in total. The number of primary amides is 1. The molecule has 0 spiro atoms. The molecule has 0 saturated heterocycles. The Kier molecular flexibility index (Phi) is 7.39. The van der Waals surface area contributed by atoms with Gasteiger partial charge in [0.05, 0.1) is 11.1 Å². The summed E-state index contributed by atoms with van der Waals surface area (Å²) in [6.07, 6.45) is -3.32. The maximum Gasteiger partial charge on any atom is 0.490 e. The van der Waals surface area contributed by atoms with E-state index in [4.69, 9.17) is 21.4 Å². The van der Waals surface area contributed by atoms with Gasteiger partial charge in [-0.25, -0.2) is 4.79 Å². The number of carboxylic acids is 1. The average molecular weight is 448 g/mol. The van der Waals surface area contributed by atoms with E-state index in [2.05, 4.69) is 16.9 Å². The highest BCUT2D eigenvalue weighted by Crippen LogP contribution is 2.31. The summed E-state index contributed by atoms with van der Waals surface area (Å²) in [4.78, 5) is 35.4. The number of aliphatic carboxylic acids is 1. The van der Waals surface area contributed by atoms with Gasteiger partial charge >= 0.3 is 12.1 Å². The molecule has 0 bridgehead atoms. The summed E-state index contributed by atoms with van der Waals surface area (Å²) in [5, 5.41) is 10.8. The molecule has 0 aliphatic rings. The molecular formula is C21H19F3N4O4. The zero-order valence-corrected chi connectivity index (χ0v) is 16.5. The van der Waals surface area contributed by atoms with E-state index in [0.717, 1.165) is 16.5 Å². The van der Waals surface area contributed by atoms with Gasteiger partial charge in [0.25, 0.3) is 11.8 Å². The van der Waals surface area contributed by atoms with E-state index in [1.54, 1.807) is 18.3 Å². The lowest BCUT2D eigenvalue weighted by Crippen LogP contribution is -2.21. The van der Waals surface area contributed by atoms with Gasteiger partial charge in [-0.2, -0.15) is 13.2 Å². The van der Waals surface area contributed by atoms with Crippen LogP contribution in [0.3, 0.4) is 0 Å². The van der Waals surface area contributed by atoms with Crippen molar-refractivity contribution in [3.63, 3.8) is 0 Å². The van der Waals surface area contributed by atoms with Crippen molar-refractivity contribution in [2.75, 3.05) is 11.9 Å². The number of nitrogens with two attached hydrogens (primary N) is 2. The van der Waals surface area contributed by atoms with E-state index in [1.807, 2.05) is 30.3 Å². The molecule has 32 heavy (non-hydrogen) atoms. The Morgan fingerprint density at radius 1 is 1.12 bits per heavy atom. The summed E-state index contributed by atoms with van der Waals surface area (Å²) in [6, 6.07) is 12.8. The van der Waals surface area contributed by atoms with Crippen LogP contribution >= 0.6 is 0 Å².